The van der Waals surface area contributed by atoms with Gasteiger partial charge in [0.1, 0.15) is 11.5 Å². The summed E-state index contributed by atoms with van der Waals surface area (Å²) < 4.78 is 10.3. The molecule has 2 aromatic rings. The summed E-state index contributed by atoms with van der Waals surface area (Å²) in [5, 5.41) is 8.62. The molecule has 6 heteroatoms. The van der Waals surface area contributed by atoms with E-state index in [1.54, 1.807) is 30.3 Å². The molecule has 0 fully saturated rings. The van der Waals surface area contributed by atoms with Crippen LogP contribution < -0.4 is 9.47 Å². The summed E-state index contributed by atoms with van der Waals surface area (Å²) in [6, 6.07) is 12.5. The average Bonchev–Trinajstić information content (AvgIpc) is 2.53. The molecule has 0 aliphatic carbocycles. The highest BCUT2D eigenvalue weighted by Gasteiger charge is 2.15. The molecule has 0 aromatic heterocycles. The molecule has 0 bridgehead atoms. The standard InChI is InChI=1S/C17H14O6/c1-11(18)14-8-7-13(22-10-16(19)20)9-15(14)23-17(21)12-5-3-2-4-6-12/h2-9H,10H2,1H3,(H,19,20). The minimum absolute atomic E-state index is 0.0224. The number of carboxylic acid groups (broad SMARTS) is 1. The topological polar surface area (TPSA) is 89.9 Å². The van der Waals surface area contributed by atoms with Crippen LogP contribution in [0.25, 0.3) is 0 Å². The summed E-state index contributed by atoms with van der Waals surface area (Å²) in [5.41, 5.74) is 0.538. The summed E-state index contributed by atoms with van der Waals surface area (Å²) in [4.78, 5) is 34.3. The molecule has 0 unspecified atom stereocenters. The smallest absolute Gasteiger partial charge is 0.343 e. The Morgan fingerprint density at radius 2 is 1.74 bits per heavy atom. The number of benzene rings is 2. The number of Topliss-reactive ketones (excluding diaryl/α,β-unsaturated/α-hetero) is 1. The first kappa shape index (κ1) is 16.2. The van der Waals surface area contributed by atoms with E-state index in [2.05, 4.69) is 0 Å². The Morgan fingerprint density at radius 1 is 1.04 bits per heavy atom. The highest BCUT2D eigenvalue weighted by molar-refractivity contribution is 5.99. The van der Waals surface area contributed by atoms with Crippen LogP contribution in [0.5, 0.6) is 11.5 Å². The predicted molar refractivity (Wildman–Crippen MR) is 81.0 cm³/mol. The Labute approximate surface area is 132 Å². The summed E-state index contributed by atoms with van der Waals surface area (Å²) in [5.74, 6) is -1.83. The number of ketones is 1. The number of carbonyl (C=O) groups is 3. The first-order valence-corrected chi connectivity index (χ1v) is 6.74. The van der Waals surface area contributed by atoms with Gasteiger partial charge in [0, 0.05) is 6.07 Å². The number of carboxylic acids is 1. The molecule has 2 aromatic carbocycles. The third kappa shape index (κ3) is 4.41. The van der Waals surface area contributed by atoms with Gasteiger partial charge in [-0.3, -0.25) is 4.79 Å². The molecular formula is C17H14O6. The van der Waals surface area contributed by atoms with E-state index >= 15 is 0 Å². The first-order valence-electron chi connectivity index (χ1n) is 6.74. The van der Waals surface area contributed by atoms with Crippen LogP contribution in [0.3, 0.4) is 0 Å². The van der Waals surface area contributed by atoms with Crippen molar-refractivity contribution in [2.75, 3.05) is 6.61 Å². The van der Waals surface area contributed by atoms with Crippen LogP contribution in [0.1, 0.15) is 27.6 Å². The van der Waals surface area contributed by atoms with Crippen molar-refractivity contribution < 1.29 is 29.0 Å². The van der Waals surface area contributed by atoms with Crippen molar-refractivity contribution >= 4 is 17.7 Å². The minimum atomic E-state index is -1.14. The fourth-order valence-electron chi connectivity index (χ4n) is 1.85. The number of ether oxygens (including phenoxy) is 2. The molecule has 0 atom stereocenters. The maximum Gasteiger partial charge on any atom is 0.343 e. The van der Waals surface area contributed by atoms with E-state index in [9.17, 15) is 14.4 Å². The first-order chi connectivity index (χ1) is 11.0. The number of hydrogen-bond acceptors (Lipinski definition) is 5. The Bertz CT molecular complexity index is 736. The van der Waals surface area contributed by atoms with Gasteiger partial charge in [0.2, 0.25) is 0 Å². The van der Waals surface area contributed by atoms with Gasteiger partial charge in [-0.15, -0.1) is 0 Å². The summed E-state index contributed by atoms with van der Waals surface area (Å²) >= 11 is 0. The molecule has 0 saturated heterocycles. The molecule has 118 valence electrons. The van der Waals surface area contributed by atoms with E-state index in [-0.39, 0.29) is 22.8 Å². The molecular weight excluding hydrogens is 300 g/mol. The second kappa shape index (κ2) is 7.22. The lowest BCUT2D eigenvalue weighted by Gasteiger charge is -2.11. The second-order valence-electron chi connectivity index (χ2n) is 4.65. The highest BCUT2D eigenvalue weighted by atomic mass is 16.5. The maximum absolute atomic E-state index is 12.1. The number of esters is 1. The zero-order valence-electron chi connectivity index (χ0n) is 12.3. The molecule has 1 N–H and O–H groups in total. The van der Waals surface area contributed by atoms with E-state index < -0.39 is 18.5 Å². The highest BCUT2D eigenvalue weighted by Crippen LogP contribution is 2.26. The summed E-state index contributed by atoms with van der Waals surface area (Å²) in [6.45, 7) is 0.804. The lowest BCUT2D eigenvalue weighted by atomic mass is 10.1. The number of rotatable bonds is 6. The van der Waals surface area contributed by atoms with Crippen LogP contribution in [0.4, 0.5) is 0 Å². The normalized spacial score (nSPS) is 9.96. The lowest BCUT2D eigenvalue weighted by molar-refractivity contribution is -0.139. The van der Waals surface area contributed by atoms with Crippen LogP contribution in [0, 0.1) is 0 Å². The number of carbonyl (C=O) groups excluding carboxylic acids is 2. The van der Waals surface area contributed by atoms with Crippen molar-refractivity contribution in [3.8, 4) is 11.5 Å². The third-order valence-corrected chi connectivity index (χ3v) is 2.91. The summed E-state index contributed by atoms with van der Waals surface area (Å²) in [6.07, 6.45) is 0. The Morgan fingerprint density at radius 3 is 2.35 bits per heavy atom. The van der Waals surface area contributed by atoms with Crippen LogP contribution in [-0.2, 0) is 4.79 Å². The number of hydrogen-bond donors (Lipinski definition) is 1. The van der Waals surface area contributed by atoms with Gasteiger partial charge in [-0.2, -0.15) is 0 Å². The van der Waals surface area contributed by atoms with Gasteiger partial charge >= 0.3 is 11.9 Å². The zero-order valence-corrected chi connectivity index (χ0v) is 12.3. The molecule has 6 nitrogen and oxygen atoms in total. The predicted octanol–water partition coefficient (Wildman–Crippen LogP) is 2.57. The van der Waals surface area contributed by atoms with Gasteiger partial charge in [-0.1, -0.05) is 18.2 Å². The molecule has 2 rings (SSSR count). The van der Waals surface area contributed by atoms with Gasteiger partial charge in [-0.25, -0.2) is 9.59 Å². The fraction of sp³-hybridized carbons (Fsp3) is 0.118. The van der Waals surface area contributed by atoms with Crippen molar-refractivity contribution in [2.45, 2.75) is 6.92 Å². The van der Waals surface area contributed by atoms with Gasteiger partial charge < -0.3 is 14.6 Å². The van der Waals surface area contributed by atoms with Crippen molar-refractivity contribution in [1.29, 1.82) is 0 Å². The van der Waals surface area contributed by atoms with Crippen LogP contribution in [0.2, 0.25) is 0 Å². The van der Waals surface area contributed by atoms with Gasteiger partial charge in [0.15, 0.2) is 12.4 Å². The van der Waals surface area contributed by atoms with Crippen molar-refractivity contribution in [1.82, 2.24) is 0 Å². The maximum atomic E-state index is 12.1. The SMILES string of the molecule is CC(=O)c1ccc(OCC(=O)O)cc1OC(=O)c1ccccc1. The molecule has 0 aliphatic heterocycles. The molecule has 0 spiro atoms. The molecule has 0 amide bonds. The second-order valence-corrected chi connectivity index (χ2v) is 4.65. The zero-order chi connectivity index (χ0) is 16.8. The Kier molecular flexibility index (Phi) is 5.09. The lowest BCUT2D eigenvalue weighted by Crippen LogP contribution is -2.12. The fourth-order valence-corrected chi connectivity index (χ4v) is 1.85. The van der Waals surface area contributed by atoms with Crippen molar-refractivity contribution in [2.24, 2.45) is 0 Å². The van der Waals surface area contributed by atoms with E-state index in [0.29, 0.717) is 5.56 Å². The van der Waals surface area contributed by atoms with E-state index in [1.165, 1.54) is 25.1 Å². The van der Waals surface area contributed by atoms with Crippen LogP contribution in [-0.4, -0.2) is 29.4 Å². The summed E-state index contributed by atoms with van der Waals surface area (Å²) in [7, 11) is 0. The third-order valence-electron chi connectivity index (χ3n) is 2.91. The monoisotopic (exact) mass is 314 g/mol. The van der Waals surface area contributed by atoms with E-state index in [0.717, 1.165) is 0 Å². The van der Waals surface area contributed by atoms with Gasteiger partial charge in [-0.05, 0) is 31.2 Å². The van der Waals surface area contributed by atoms with Gasteiger partial charge in [0.25, 0.3) is 0 Å². The van der Waals surface area contributed by atoms with E-state index in [4.69, 9.17) is 14.6 Å². The van der Waals surface area contributed by atoms with Crippen molar-refractivity contribution in [3.63, 3.8) is 0 Å². The molecule has 0 radical (unpaired) electrons. The average molecular weight is 314 g/mol. The largest absolute Gasteiger partial charge is 0.482 e. The molecule has 0 saturated carbocycles. The molecule has 0 heterocycles. The van der Waals surface area contributed by atoms with Crippen LogP contribution >= 0.6 is 0 Å². The van der Waals surface area contributed by atoms with Crippen LogP contribution in [0.15, 0.2) is 48.5 Å². The van der Waals surface area contributed by atoms with Crippen molar-refractivity contribution in [3.05, 3.63) is 59.7 Å². The Hall–Kier alpha value is -3.15. The quantitative estimate of drug-likeness (QED) is 0.501. The van der Waals surface area contributed by atoms with E-state index in [1.807, 2.05) is 0 Å². The molecule has 23 heavy (non-hydrogen) atoms. The van der Waals surface area contributed by atoms with Gasteiger partial charge in [0.05, 0.1) is 11.1 Å². The Balaban J connectivity index is 2.26. The molecule has 0 aliphatic rings. The number of aliphatic carboxylic acids is 1. The minimum Gasteiger partial charge on any atom is -0.482 e.